The van der Waals surface area contributed by atoms with Gasteiger partial charge in [0.1, 0.15) is 0 Å². The summed E-state index contributed by atoms with van der Waals surface area (Å²) in [5.74, 6) is 0.0792. The van der Waals surface area contributed by atoms with E-state index in [1.54, 1.807) is 6.20 Å². The molecule has 3 heterocycles. The van der Waals surface area contributed by atoms with Gasteiger partial charge in [-0.15, -0.1) is 0 Å². The lowest BCUT2D eigenvalue weighted by Crippen LogP contribution is -2.52. The van der Waals surface area contributed by atoms with E-state index in [4.69, 9.17) is 5.73 Å². The number of aromatic amines is 1. The Balaban J connectivity index is 1.33. The van der Waals surface area contributed by atoms with E-state index in [0.717, 1.165) is 46.9 Å². The third-order valence-corrected chi connectivity index (χ3v) is 6.64. The summed E-state index contributed by atoms with van der Waals surface area (Å²) in [6, 6.07) is 4.23. The standard InChI is InChI=1S/C20H28BrN5O/c21-17-11-14(10-15-13-23-24-19(15)17)12-18(22)20(27)26-8-4-16(5-9-26)25-6-2-1-3-7-25/h10-11,13,16,18H,1-9,12,22H2,(H,23,24). The first-order chi connectivity index (χ1) is 13.1. The number of benzene rings is 1. The molecule has 1 amide bonds. The normalized spacial score (nSPS) is 20.9. The fourth-order valence-electron chi connectivity index (χ4n) is 4.50. The van der Waals surface area contributed by atoms with Crippen LogP contribution in [0.5, 0.6) is 0 Å². The highest BCUT2D eigenvalue weighted by Crippen LogP contribution is 2.25. The monoisotopic (exact) mass is 433 g/mol. The molecule has 2 aliphatic heterocycles. The van der Waals surface area contributed by atoms with Crippen LogP contribution in [0.4, 0.5) is 0 Å². The summed E-state index contributed by atoms with van der Waals surface area (Å²) in [4.78, 5) is 17.4. The predicted molar refractivity (Wildman–Crippen MR) is 110 cm³/mol. The molecule has 2 saturated heterocycles. The zero-order valence-electron chi connectivity index (χ0n) is 15.7. The molecule has 2 aliphatic rings. The van der Waals surface area contributed by atoms with Gasteiger partial charge in [-0.3, -0.25) is 9.89 Å². The summed E-state index contributed by atoms with van der Waals surface area (Å²) in [5.41, 5.74) is 8.31. The van der Waals surface area contributed by atoms with E-state index in [2.05, 4.69) is 37.1 Å². The number of nitrogens with zero attached hydrogens (tertiary/aromatic N) is 3. The van der Waals surface area contributed by atoms with Gasteiger partial charge < -0.3 is 15.5 Å². The Morgan fingerprint density at radius 1 is 1.22 bits per heavy atom. The second-order valence-electron chi connectivity index (χ2n) is 7.88. The number of aromatic nitrogens is 2. The third kappa shape index (κ3) is 4.20. The molecule has 3 N–H and O–H groups in total. The maximum atomic E-state index is 12.8. The molecule has 0 spiro atoms. The molecule has 27 heavy (non-hydrogen) atoms. The highest BCUT2D eigenvalue weighted by molar-refractivity contribution is 9.10. The zero-order chi connectivity index (χ0) is 18.8. The smallest absolute Gasteiger partial charge is 0.239 e. The fourth-order valence-corrected chi connectivity index (χ4v) is 5.11. The molecule has 0 radical (unpaired) electrons. The number of hydrogen-bond acceptors (Lipinski definition) is 4. The summed E-state index contributed by atoms with van der Waals surface area (Å²) < 4.78 is 0.953. The molecule has 1 aromatic heterocycles. The molecule has 0 saturated carbocycles. The topological polar surface area (TPSA) is 78.2 Å². The van der Waals surface area contributed by atoms with Crippen LogP contribution in [0.25, 0.3) is 10.9 Å². The summed E-state index contributed by atoms with van der Waals surface area (Å²) in [5, 5.41) is 8.07. The van der Waals surface area contributed by atoms with Crippen molar-refractivity contribution >= 4 is 32.7 Å². The minimum Gasteiger partial charge on any atom is -0.341 e. The van der Waals surface area contributed by atoms with Gasteiger partial charge in [0.05, 0.1) is 17.8 Å². The van der Waals surface area contributed by atoms with Crippen LogP contribution in [0.15, 0.2) is 22.8 Å². The van der Waals surface area contributed by atoms with Crippen molar-refractivity contribution in [3.63, 3.8) is 0 Å². The number of fused-ring (bicyclic) bond motifs is 1. The van der Waals surface area contributed by atoms with Crippen LogP contribution < -0.4 is 5.73 Å². The highest BCUT2D eigenvalue weighted by atomic mass is 79.9. The summed E-state index contributed by atoms with van der Waals surface area (Å²) in [7, 11) is 0. The van der Waals surface area contributed by atoms with Crippen LogP contribution in [0, 0.1) is 0 Å². The molecule has 0 aliphatic carbocycles. The Labute approximate surface area is 168 Å². The third-order valence-electron chi connectivity index (χ3n) is 6.02. The maximum absolute atomic E-state index is 12.8. The number of nitrogens with two attached hydrogens (primary N) is 1. The zero-order valence-corrected chi connectivity index (χ0v) is 17.2. The van der Waals surface area contributed by atoms with E-state index in [0.29, 0.717) is 12.5 Å². The van der Waals surface area contributed by atoms with Gasteiger partial charge in [0.25, 0.3) is 0 Å². The SMILES string of the molecule is NC(Cc1cc(Br)c2[nH]ncc2c1)C(=O)N1CCC(N2CCCCC2)CC1. The predicted octanol–water partition coefficient (Wildman–Crippen LogP) is 2.67. The number of rotatable bonds is 4. The lowest BCUT2D eigenvalue weighted by Gasteiger charge is -2.40. The summed E-state index contributed by atoms with van der Waals surface area (Å²) in [6.07, 6.45) is 8.49. The molecule has 1 unspecified atom stereocenters. The Kier molecular flexibility index (Phi) is 5.80. The number of piperidine rings is 2. The van der Waals surface area contributed by atoms with Gasteiger partial charge in [0.2, 0.25) is 5.91 Å². The van der Waals surface area contributed by atoms with Crippen LogP contribution in [0.2, 0.25) is 0 Å². The van der Waals surface area contributed by atoms with E-state index in [1.165, 1.54) is 32.4 Å². The van der Waals surface area contributed by atoms with Crippen molar-refractivity contribution in [3.8, 4) is 0 Å². The van der Waals surface area contributed by atoms with Crippen molar-refractivity contribution in [2.24, 2.45) is 5.73 Å². The largest absolute Gasteiger partial charge is 0.341 e. The number of nitrogens with one attached hydrogen (secondary N) is 1. The molecule has 146 valence electrons. The first-order valence-corrected chi connectivity index (χ1v) is 10.8. The maximum Gasteiger partial charge on any atom is 0.239 e. The molecule has 7 heteroatoms. The molecule has 0 bridgehead atoms. The van der Waals surface area contributed by atoms with E-state index >= 15 is 0 Å². The molecule has 1 atom stereocenters. The van der Waals surface area contributed by atoms with Crippen molar-refractivity contribution in [3.05, 3.63) is 28.4 Å². The number of halogens is 1. The Bertz CT molecular complexity index is 793. The molecular formula is C20H28BrN5O. The quantitative estimate of drug-likeness (QED) is 0.776. The summed E-state index contributed by atoms with van der Waals surface area (Å²) >= 11 is 3.56. The number of amides is 1. The Morgan fingerprint density at radius 2 is 1.96 bits per heavy atom. The number of carbonyl (C=O) groups is 1. The van der Waals surface area contributed by atoms with Crippen molar-refractivity contribution in [1.29, 1.82) is 0 Å². The first kappa shape index (κ1) is 18.9. The van der Waals surface area contributed by atoms with E-state index in [1.807, 2.05) is 11.0 Å². The van der Waals surface area contributed by atoms with E-state index in [9.17, 15) is 4.79 Å². The fraction of sp³-hybridized carbons (Fsp3) is 0.600. The van der Waals surface area contributed by atoms with Gasteiger partial charge in [-0.2, -0.15) is 5.10 Å². The average Bonchev–Trinajstić information content (AvgIpc) is 3.17. The van der Waals surface area contributed by atoms with Crippen molar-refractivity contribution in [2.45, 2.75) is 50.6 Å². The van der Waals surface area contributed by atoms with Crippen LogP contribution in [0.1, 0.15) is 37.7 Å². The summed E-state index contributed by atoms with van der Waals surface area (Å²) in [6.45, 7) is 4.11. The van der Waals surface area contributed by atoms with Gasteiger partial charge in [0.15, 0.2) is 0 Å². The molecular weight excluding hydrogens is 406 g/mol. The van der Waals surface area contributed by atoms with Crippen LogP contribution in [0.3, 0.4) is 0 Å². The Morgan fingerprint density at radius 3 is 2.70 bits per heavy atom. The minimum absolute atomic E-state index is 0.0792. The van der Waals surface area contributed by atoms with Gasteiger partial charge in [-0.1, -0.05) is 6.42 Å². The lowest BCUT2D eigenvalue weighted by molar-refractivity contribution is -0.134. The number of likely N-dealkylation sites (tertiary alicyclic amines) is 2. The highest BCUT2D eigenvalue weighted by Gasteiger charge is 2.29. The van der Waals surface area contributed by atoms with Crippen molar-refractivity contribution in [2.75, 3.05) is 26.2 Å². The first-order valence-electron chi connectivity index (χ1n) is 10.0. The molecule has 4 rings (SSSR count). The number of hydrogen-bond donors (Lipinski definition) is 2. The van der Waals surface area contributed by atoms with Crippen molar-refractivity contribution < 1.29 is 4.79 Å². The van der Waals surface area contributed by atoms with Crippen molar-refractivity contribution in [1.82, 2.24) is 20.0 Å². The lowest BCUT2D eigenvalue weighted by atomic mass is 9.98. The number of carbonyl (C=O) groups excluding carboxylic acids is 1. The van der Waals surface area contributed by atoms with E-state index in [-0.39, 0.29) is 5.91 Å². The van der Waals surface area contributed by atoms with Crippen LogP contribution in [-0.2, 0) is 11.2 Å². The molecule has 2 aromatic rings. The van der Waals surface area contributed by atoms with Crippen LogP contribution >= 0.6 is 15.9 Å². The molecule has 1 aromatic carbocycles. The van der Waals surface area contributed by atoms with Gasteiger partial charge >= 0.3 is 0 Å². The Hall–Kier alpha value is -1.44. The molecule has 2 fully saturated rings. The van der Waals surface area contributed by atoms with Gasteiger partial charge in [-0.05, 0) is 78.8 Å². The average molecular weight is 434 g/mol. The molecule has 6 nitrogen and oxygen atoms in total. The minimum atomic E-state index is -0.493. The van der Waals surface area contributed by atoms with Gasteiger partial charge in [0, 0.05) is 29.0 Å². The second kappa shape index (κ2) is 8.29. The number of H-pyrrole nitrogens is 1. The second-order valence-corrected chi connectivity index (χ2v) is 8.73. The van der Waals surface area contributed by atoms with Crippen LogP contribution in [-0.4, -0.2) is 64.2 Å². The van der Waals surface area contributed by atoms with Gasteiger partial charge in [-0.25, -0.2) is 0 Å². The van der Waals surface area contributed by atoms with E-state index < -0.39 is 6.04 Å².